The quantitative estimate of drug-likeness (QED) is 0.708. The summed E-state index contributed by atoms with van der Waals surface area (Å²) in [6, 6.07) is 8.03. The van der Waals surface area contributed by atoms with E-state index in [9.17, 15) is 0 Å². The monoisotopic (exact) mass is 257 g/mol. The van der Waals surface area contributed by atoms with E-state index in [1.807, 2.05) is 23.9 Å². The minimum absolute atomic E-state index is 0.806. The second kappa shape index (κ2) is 8.91. The molecule has 0 saturated heterocycles. The van der Waals surface area contributed by atoms with Gasteiger partial charge in [-0.1, -0.05) is 30.2 Å². The van der Waals surface area contributed by atoms with Gasteiger partial charge >= 0.3 is 0 Å². The molecule has 0 amide bonds. The van der Waals surface area contributed by atoms with Crippen molar-refractivity contribution in [2.24, 2.45) is 0 Å². The van der Waals surface area contributed by atoms with Crippen LogP contribution < -0.4 is 5.32 Å². The van der Waals surface area contributed by atoms with Gasteiger partial charge in [0.1, 0.15) is 0 Å². The first-order valence-corrected chi connectivity index (χ1v) is 7.54. The average molecular weight is 258 g/mol. The smallest absolute Gasteiger partial charge is 0.0406 e. The van der Waals surface area contributed by atoms with Crippen molar-refractivity contribution >= 4 is 23.4 Å². The highest BCUT2D eigenvalue weighted by atomic mass is 35.5. The van der Waals surface area contributed by atoms with E-state index in [-0.39, 0.29) is 0 Å². The molecule has 0 aromatic heterocycles. The fourth-order valence-corrected chi connectivity index (χ4v) is 2.13. The molecule has 1 aromatic rings. The molecule has 90 valence electrons. The summed E-state index contributed by atoms with van der Waals surface area (Å²) in [7, 11) is 0. The van der Waals surface area contributed by atoms with Crippen LogP contribution in [0.3, 0.4) is 0 Å². The third-order valence-electron chi connectivity index (χ3n) is 2.44. The van der Waals surface area contributed by atoms with Gasteiger partial charge < -0.3 is 5.32 Å². The highest BCUT2D eigenvalue weighted by Gasteiger charge is 1.93. The molecule has 1 nitrogen and oxygen atoms in total. The zero-order chi connectivity index (χ0) is 11.6. The van der Waals surface area contributed by atoms with Gasteiger partial charge in [-0.05, 0) is 49.1 Å². The zero-order valence-electron chi connectivity index (χ0n) is 9.84. The number of hydrogen-bond acceptors (Lipinski definition) is 2. The summed E-state index contributed by atoms with van der Waals surface area (Å²) >= 11 is 7.75. The van der Waals surface area contributed by atoms with Crippen LogP contribution in [-0.2, 0) is 6.54 Å². The molecule has 0 saturated carbocycles. The maximum Gasteiger partial charge on any atom is 0.0406 e. The van der Waals surface area contributed by atoms with Crippen LogP contribution in [0.4, 0.5) is 0 Å². The lowest BCUT2D eigenvalue weighted by Crippen LogP contribution is -2.14. The predicted molar refractivity (Wildman–Crippen MR) is 75.4 cm³/mol. The molecule has 16 heavy (non-hydrogen) atoms. The molecule has 0 aliphatic heterocycles. The Labute approximate surface area is 108 Å². The molecule has 0 fully saturated rings. The van der Waals surface area contributed by atoms with E-state index in [0.29, 0.717) is 0 Å². The average Bonchev–Trinajstić information content (AvgIpc) is 2.30. The van der Waals surface area contributed by atoms with Crippen molar-refractivity contribution in [2.45, 2.75) is 25.8 Å². The molecule has 1 aromatic carbocycles. The number of benzene rings is 1. The van der Waals surface area contributed by atoms with Gasteiger partial charge in [-0.15, -0.1) is 0 Å². The third-order valence-corrected chi connectivity index (χ3v) is 3.39. The van der Waals surface area contributed by atoms with Gasteiger partial charge in [0.2, 0.25) is 0 Å². The molecule has 0 heterocycles. The summed E-state index contributed by atoms with van der Waals surface area (Å²) in [5.74, 6) is 1.29. The first-order valence-electron chi connectivity index (χ1n) is 5.77. The SMILES string of the molecule is CSCCCCCNCc1ccc(Cl)cc1. The predicted octanol–water partition coefficient (Wildman–Crippen LogP) is 3.96. The van der Waals surface area contributed by atoms with Gasteiger partial charge in [0.25, 0.3) is 0 Å². The van der Waals surface area contributed by atoms with Gasteiger partial charge in [-0.25, -0.2) is 0 Å². The van der Waals surface area contributed by atoms with E-state index < -0.39 is 0 Å². The standard InChI is InChI=1S/C13H20ClNS/c1-16-10-4-2-3-9-15-11-12-5-7-13(14)8-6-12/h5-8,15H,2-4,9-11H2,1H3. The number of unbranched alkanes of at least 4 members (excludes halogenated alkanes) is 2. The van der Waals surface area contributed by atoms with E-state index in [0.717, 1.165) is 18.1 Å². The minimum Gasteiger partial charge on any atom is -0.313 e. The molecule has 0 unspecified atom stereocenters. The Morgan fingerprint density at radius 2 is 1.88 bits per heavy atom. The van der Waals surface area contributed by atoms with E-state index in [4.69, 9.17) is 11.6 Å². The molecule has 0 radical (unpaired) electrons. The maximum absolute atomic E-state index is 5.82. The highest BCUT2D eigenvalue weighted by molar-refractivity contribution is 7.98. The number of thioether (sulfide) groups is 1. The van der Waals surface area contributed by atoms with Gasteiger partial charge in [-0.3, -0.25) is 0 Å². The molecule has 3 heteroatoms. The number of nitrogens with one attached hydrogen (secondary N) is 1. The molecule has 1 N–H and O–H groups in total. The van der Waals surface area contributed by atoms with Gasteiger partial charge in [0.15, 0.2) is 0 Å². The Morgan fingerprint density at radius 1 is 1.12 bits per heavy atom. The van der Waals surface area contributed by atoms with Crippen molar-refractivity contribution < 1.29 is 0 Å². The summed E-state index contributed by atoms with van der Waals surface area (Å²) in [5, 5.41) is 4.25. The molecular formula is C13H20ClNS. The number of rotatable bonds is 8. The lowest BCUT2D eigenvalue weighted by Gasteiger charge is -2.04. The molecule has 0 spiro atoms. The van der Waals surface area contributed by atoms with Crippen molar-refractivity contribution in [1.29, 1.82) is 0 Å². The first-order chi connectivity index (χ1) is 7.83. The number of halogens is 1. The lowest BCUT2D eigenvalue weighted by atomic mass is 10.2. The van der Waals surface area contributed by atoms with Gasteiger partial charge in [0, 0.05) is 11.6 Å². The van der Waals surface area contributed by atoms with Crippen molar-refractivity contribution in [3.63, 3.8) is 0 Å². The fourth-order valence-electron chi connectivity index (χ4n) is 1.51. The first kappa shape index (κ1) is 13.9. The van der Waals surface area contributed by atoms with Crippen LogP contribution >= 0.6 is 23.4 Å². The molecule has 0 aliphatic carbocycles. The van der Waals surface area contributed by atoms with Crippen molar-refractivity contribution in [1.82, 2.24) is 5.32 Å². The third kappa shape index (κ3) is 6.41. The number of hydrogen-bond donors (Lipinski definition) is 1. The van der Waals surface area contributed by atoms with E-state index in [2.05, 4.69) is 23.7 Å². The largest absolute Gasteiger partial charge is 0.313 e. The summed E-state index contributed by atoms with van der Waals surface area (Å²) < 4.78 is 0. The van der Waals surface area contributed by atoms with E-state index in [1.165, 1.54) is 30.6 Å². The Bertz CT molecular complexity index is 274. The minimum atomic E-state index is 0.806. The van der Waals surface area contributed by atoms with Crippen LogP contribution in [-0.4, -0.2) is 18.6 Å². The van der Waals surface area contributed by atoms with Gasteiger partial charge in [-0.2, -0.15) is 11.8 Å². The van der Waals surface area contributed by atoms with E-state index >= 15 is 0 Å². The van der Waals surface area contributed by atoms with Crippen molar-refractivity contribution in [3.05, 3.63) is 34.9 Å². The Morgan fingerprint density at radius 3 is 2.56 bits per heavy atom. The second-order valence-corrected chi connectivity index (χ2v) is 5.28. The maximum atomic E-state index is 5.82. The van der Waals surface area contributed by atoms with Crippen LogP contribution in [0, 0.1) is 0 Å². The summed E-state index contributed by atoms with van der Waals surface area (Å²) in [6.07, 6.45) is 6.10. The van der Waals surface area contributed by atoms with E-state index in [1.54, 1.807) is 0 Å². The lowest BCUT2D eigenvalue weighted by molar-refractivity contribution is 0.618. The molecule has 1 rings (SSSR count). The fraction of sp³-hybridized carbons (Fsp3) is 0.538. The second-order valence-electron chi connectivity index (χ2n) is 3.86. The van der Waals surface area contributed by atoms with Crippen LogP contribution in [0.25, 0.3) is 0 Å². The zero-order valence-corrected chi connectivity index (χ0v) is 11.4. The Balaban J connectivity index is 2.01. The van der Waals surface area contributed by atoms with Crippen molar-refractivity contribution in [3.8, 4) is 0 Å². The van der Waals surface area contributed by atoms with Crippen LogP contribution in [0.5, 0.6) is 0 Å². The summed E-state index contributed by atoms with van der Waals surface area (Å²) in [5.41, 5.74) is 1.30. The van der Waals surface area contributed by atoms with Crippen LogP contribution in [0.15, 0.2) is 24.3 Å². The molecular weight excluding hydrogens is 238 g/mol. The Kier molecular flexibility index (Phi) is 7.73. The topological polar surface area (TPSA) is 12.0 Å². The summed E-state index contributed by atoms with van der Waals surface area (Å²) in [6.45, 7) is 2.05. The van der Waals surface area contributed by atoms with Crippen LogP contribution in [0.2, 0.25) is 5.02 Å². The van der Waals surface area contributed by atoms with Crippen LogP contribution in [0.1, 0.15) is 24.8 Å². The molecule has 0 atom stereocenters. The highest BCUT2D eigenvalue weighted by Crippen LogP contribution is 2.09. The van der Waals surface area contributed by atoms with Crippen molar-refractivity contribution in [2.75, 3.05) is 18.6 Å². The van der Waals surface area contributed by atoms with Gasteiger partial charge in [0.05, 0.1) is 0 Å². The summed E-state index contributed by atoms with van der Waals surface area (Å²) in [4.78, 5) is 0. The Hall–Kier alpha value is -0.180. The molecule has 0 bridgehead atoms. The molecule has 0 aliphatic rings. The normalized spacial score (nSPS) is 10.6.